The van der Waals surface area contributed by atoms with Gasteiger partial charge in [0.1, 0.15) is 12.2 Å². The van der Waals surface area contributed by atoms with E-state index in [0.717, 1.165) is 64.2 Å². The second kappa shape index (κ2) is 35.8. The first kappa shape index (κ1) is 43.9. The molecule has 2 unspecified atom stereocenters. The number of esters is 2. The van der Waals surface area contributed by atoms with Crippen molar-refractivity contribution in [2.75, 3.05) is 0 Å². The van der Waals surface area contributed by atoms with E-state index in [1.54, 1.807) is 0 Å². The van der Waals surface area contributed by atoms with Crippen molar-refractivity contribution >= 4 is 11.9 Å². The van der Waals surface area contributed by atoms with Crippen molar-refractivity contribution in [2.24, 2.45) is 0 Å². The summed E-state index contributed by atoms with van der Waals surface area (Å²) in [4.78, 5) is 25.9. The number of rotatable bonds is 36. The van der Waals surface area contributed by atoms with Gasteiger partial charge in [-0.05, 0) is 38.5 Å². The topological polar surface area (TPSA) is 52.6 Å². The zero-order valence-corrected chi connectivity index (χ0v) is 31.1. The third-order valence-corrected chi connectivity index (χ3v) is 9.38. The Morgan fingerprint density at radius 3 is 0.889 bits per heavy atom. The maximum absolute atomic E-state index is 13.0. The minimum atomic E-state index is -0.308. The van der Waals surface area contributed by atoms with Crippen molar-refractivity contribution < 1.29 is 19.1 Å². The summed E-state index contributed by atoms with van der Waals surface area (Å²) in [6, 6.07) is 0. The molecule has 0 aromatic rings. The monoisotopic (exact) mass is 637 g/mol. The average molecular weight is 637 g/mol. The highest BCUT2D eigenvalue weighted by Crippen LogP contribution is 2.22. The second-order valence-corrected chi connectivity index (χ2v) is 14.0. The summed E-state index contributed by atoms with van der Waals surface area (Å²) in [5.74, 6) is -0.209. The molecule has 0 bridgehead atoms. The molecule has 0 radical (unpaired) electrons. The van der Waals surface area contributed by atoms with Crippen LogP contribution >= 0.6 is 0 Å². The van der Waals surface area contributed by atoms with Crippen molar-refractivity contribution in [2.45, 2.75) is 252 Å². The normalized spacial score (nSPS) is 12.7. The molecule has 45 heavy (non-hydrogen) atoms. The van der Waals surface area contributed by atoms with E-state index < -0.39 is 0 Å². The van der Waals surface area contributed by atoms with E-state index in [-0.39, 0.29) is 24.1 Å². The summed E-state index contributed by atoms with van der Waals surface area (Å²) in [5, 5.41) is 0. The van der Waals surface area contributed by atoms with Crippen LogP contribution in [0.3, 0.4) is 0 Å². The van der Waals surface area contributed by atoms with Gasteiger partial charge >= 0.3 is 11.9 Å². The van der Waals surface area contributed by atoms with Gasteiger partial charge in [0, 0.05) is 12.8 Å². The molecular weight excluding hydrogens is 556 g/mol. The van der Waals surface area contributed by atoms with Gasteiger partial charge in [-0.1, -0.05) is 188 Å². The zero-order chi connectivity index (χ0) is 33.1. The number of ether oxygens (including phenoxy) is 2. The van der Waals surface area contributed by atoms with Gasteiger partial charge in [-0.25, -0.2) is 0 Å². The molecule has 268 valence electrons. The maximum Gasteiger partial charge on any atom is 0.306 e. The smallest absolute Gasteiger partial charge is 0.306 e. The van der Waals surface area contributed by atoms with Gasteiger partial charge in [0.15, 0.2) is 0 Å². The summed E-state index contributed by atoms with van der Waals surface area (Å²) >= 11 is 0. The summed E-state index contributed by atoms with van der Waals surface area (Å²) in [7, 11) is 0. The van der Waals surface area contributed by atoms with E-state index in [1.165, 1.54) is 135 Å². The van der Waals surface area contributed by atoms with E-state index >= 15 is 0 Å². The van der Waals surface area contributed by atoms with Crippen molar-refractivity contribution in [1.82, 2.24) is 0 Å². The lowest BCUT2D eigenvalue weighted by Crippen LogP contribution is -2.35. The molecule has 0 fully saturated rings. The van der Waals surface area contributed by atoms with Gasteiger partial charge in [-0.15, -0.1) is 0 Å². The number of carbonyl (C=O) groups is 2. The molecular formula is C41H80O4. The minimum absolute atomic E-state index is 0.103. The summed E-state index contributed by atoms with van der Waals surface area (Å²) in [6.45, 7) is 8.95. The van der Waals surface area contributed by atoms with Crippen molar-refractivity contribution in [3.63, 3.8) is 0 Å². The molecule has 0 aromatic carbocycles. The quantitative estimate of drug-likeness (QED) is 0.0507. The first-order chi connectivity index (χ1) is 22.1. The van der Waals surface area contributed by atoms with E-state index in [2.05, 4.69) is 27.7 Å². The first-order valence-electron chi connectivity index (χ1n) is 20.5. The van der Waals surface area contributed by atoms with Crippen molar-refractivity contribution in [1.29, 1.82) is 0 Å². The zero-order valence-electron chi connectivity index (χ0n) is 31.1. The molecule has 0 N–H and O–H groups in total. The Bertz CT molecular complexity index is 619. The van der Waals surface area contributed by atoms with E-state index in [4.69, 9.17) is 9.47 Å². The Kier molecular flexibility index (Phi) is 34.9. The molecule has 0 heterocycles. The highest BCUT2D eigenvalue weighted by molar-refractivity contribution is 5.70. The second-order valence-electron chi connectivity index (χ2n) is 14.0. The van der Waals surface area contributed by atoms with Crippen LogP contribution in [0.4, 0.5) is 0 Å². The third kappa shape index (κ3) is 31.3. The Labute approximate surface area is 282 Å². The average Bonchev–Trinajstić information content (AvgIpc) is 3.03. The lowest BCUT2D eigenvalue weighted by atomic mass is 10.00. The van der Waals surface area contributed by atoms with Gasteiger partial charge in [0.25, 0.3) is 0 Å². The standard InChI is InChI=1S/C41H80O4/c1-5-9-13-16-19-21-23-25-27-30-33-37-41(43)45-39(35-31-28-18-15-11-7-3)38(34-12-8-4)44-40(42)36-32-29-26-24-22-20-17-14-10-6-2/h38-39H,5-37H2,1-4H3. The Morgan fingerprint density at radius 2 is 0.578 bits per heavy atom. The molecule has 4 heteroatoms. The van der Waals surface area contributed by atoms with Crippen LogP contribution in [0.1, 0.15) is 240 Å². The molecule has 0 aliphatic heterocycles. The van der Waals surface area contributed by atoms with Crippen LogP contribution in [-0.2, 0) is 19.1 Å². The summed E-state index contributed by atoms with van der Waals surface area (Å²) in [6.07, 6.45) is 37.7. The molecule has 0 aliphatic rings. The van der Waals surface area contributed by atoms with Gasteiger partial charge in [-0.2, -0.15) is 0 Å². The van der Waals surface area contributed by atoms with Gasteiger partial charge in [0.05, 0.1) is 0 Å². The Balaban J connectivity index is 4.62. The fraction of sp³-hybridized carbons (Fsp3) is 0.951. The molecule has 2 atom stereocenters. The molecule has 0 spiro atoms. The van der Waals surface area contributed by atoms with Crippen LogP contribution in [-0.4, -0.2) is 24.1 Å². The van der Waals surface area contributed by atoms with Crippen LogP contribution in [0.2, 0.25) is 0 Å². The fourth-order valence-corrected chi connectivity index (χ4v) is 6.32. The van der Waals surface area contributed by atoms with Gasteiger partial charge in [-0.3, -0.25) is 9.59 Å². The maximum atomic E-state index is 13.0. The van der Waals surface area contributed by atoms with Crippen LogP contribution in [0.25, 0.3) is 0 Å². The number of hydrogen-bond acceptors (Lipinski definition) is 4. The number of unbranched alkanes of at least 4 members (excludes halogenated alkanes) is 25. The van der Waals surface area contributed by atoms with E-state index in [9.17, 15) is 9.59 Å². The molecule has 0 saturated heterocycles. The molecule has 4 nitrogen and oxygen atoms in total. The molecule has 0 rings (SSSR count). The van der Waals surface area contributed by atoms with Gasteiger partial charge < -0.3 is 9.47 Å². The van der Waals surface area contributed by atoms with E-state index in [0.29, 0.717) is 12.8 Å². The summed E-state index contributed by atoms with van der Waals surface area (Å²) in [5.41, 5.74) is 0. The largest absolute Gasteiger partial charge is 0.458 e. The van der Waals surface area contributed by atoms with Crippen molar-refractivity contribution in [3.8, 4) is 0 Å². The summed E-state index contributed by atoms with van der Waals surface area (Å²) < 4.78 is 12.2. The third-order valence-electron chi connectivity index (χ3n) is 9.38. The van der Waals surface area contributed by atoms with Gasteiger partial charge in [0.2, 0.25) is 0 Å². The molecule has 0 amide bonds. The predicted octanol–water partition coefficient (Wildman–Crippen LogP) is 13.8. The van der Waals surface area contributed by atoms with Crippen LogP contribution < -0.4 is 0 Å². The number of hydrogen-bond donors (Lipinski definition) is 0. The molecule has 0 aliphatic carbocycles. The van der Waals surface area contributed by atoms with Crippen LogP contribution in [0, 0.1) is 0 Å². The van der Waals surface area contributed by atoms with Crippen molar-refractivity contribution in [3.05, 3.63) is 0 Å². The lowest BCUT2D eigenvalue weighted by molar-refractivity contribution is -0.169. The number of carbonyl (C=O) groups excluding carboxylic acids is 2. The highest BCUT2D eigenvalue weighted by Gasteiger charge is 2.28. The van der Waals surface area contributed by atoms with Crippen LogP contribution in [0.5, 0.6) is 0 Å². The van der Waals surface area contributed by atoms with E-state index in [1.807, 2.05) is 0 Å². The molecule has 0 aromatic heterocycles. The Morgan fingerprint density at radius 1 is 0.333 bits per heavy atom. The fourth-order valence-electron chi connectivity index (χ4n) is 6.32. The SMILES string of the molecule is CCCCCCCCCCCCCC(=O)OC(CCCCCCCC)C(CCCC)OC(=O)CCCCCCCCCCCC. The predicted molar refractivity (Wildman–Crippen MR) is 195 cm³/mol. The molecule has 0 saturated carbocycles. The first-order valence-corrected chi connectivity index (χ1v) is 20.5. The highest BCUT2D eigenvalue weighted by atomic mass is 16.6. The lowest BCUT2D eigenvalue weighted by Gasteiger charge is -2.27. The van der Waals surface area contributed by atoms with Crippen LogP contribution in [0.15, 0.2) is 0 Å². The Hall–Kier alpha value is -1.06. The minimum Gasteiger partial charge on any atom is -0.458 e.